The lowest BCUT2D eigenvalue weighted by Gasteiger charge is -2.11. The van der Waals surface area contributed by atoms with Gasteiger partial charge in [0.1, 0.15) is 23.5 Å². The minimum atomic E-state index is -0.0411. The molecule has 102 valence electrons. The molecular weight excluding hydrogens is 286 g/mol. The Morgan fingerprint density at radius 1 is 1.10 bits per heavy atom. The zero-order valence-corrected chi connectivity index (χ0v) is 11.6. The molecule has 0 aromatic heterocycles. The van der Waals surface area contributed by atoms with Gasteiger partial charge in [-0.2, -0.15) is 10.5 Å². The van der Waals surface area contributed by atoms with Gasteiger partial charge in [-0.05, 0) is 30.3 Å². The molecule has 0 amide bonds. The standard InChI is InChI=1S/C16H10ClN3O/c17-13-6-7-16(21-14-4-2-1-3-5-14)15(8-13)20-11-12(9-18)10-19/h1-8,11,20H. The number of ether oxygens (including phenoxy) is 1. The highest BCUT2D eigenvalue weighted by Crippen LogP contribution is 2.32. The molecule has 0 spiro atoms. The van der Waals surface area contributed by atoms with E-state index in [1.54, 1.807) is 30.3 Å². The van der Waals surface area contributed by atoms with E-state index >= 15 is 0 Å². The first-order valence-electron chi connectivity index (χ1n) is 6.02. The van der Waals surface area contributed by atoms with Gasteiger partial charge in [-0.3, -0.25) is 0 Å². The van der Waals surface area contributed by atoms with Crippen LogP contribution in [0.25, 0.3) is 0 Å². The van der Waals surface area contributed by atoms with Crippen LogP contribution in [-0.2, 0) is 0 Å². The fourth-order valence-electron chi connectivity index (χ4n) is 1.56. The van der Waals surface area contributed by atoms with Gasteiger partial charge >= 0.3 is 0 Å². The molecule has 5 heteroatoms. The van der Waals surface area contributed by atoms with E-state index in [4.69, 9.17) is 26.9 Å². The van der Waals surface area contributed by atoms with Crippen LogP contribution >= 0.6 is 11.6 Å². The SMILES string of the molecule is N#CC(C#N)=CNc1cc(Cl)ccc1Oc1ccccc1. The molecule has 0 heterocycles. The van der Waals surface area contributed by atoms with Crippen LogP contribution in [0.15, 0.2) is 60.3 Å². The fraction of sp³-hybridized carbons (Fsp3) is 0. The Kier molecular flexibility index (Phi) is 4.82. The van der Waals surface area contributed by atoms with E-state index in [0.29, 0.717) is 22.2 Å². The molecule has 0 fully saturated rings. The van der Waals surface area contributed by atoms with Crippen LogP contribution in [0.1, 0.15) is 0 Å². The van der Waals surface area contributed by atoms with Gasteiger partial charge in [-0.25, -0.2) is 0 Å². The topological polar surface area (TPSA) is 68.8 Å². The Morgan fingerprint density at radius 3 is 2.48 bits per heavy atom. The van der Waals surface area contributed by atoms with Crippen molar-refractivity contribution in [2.24, 2.45) is 0 Å². The van der Waals surface area contributed by atoms with E-state index in [-0.39, 0.29) is 5.57 Å². The number of allylic oxidation sites excluding steroid dienone is 1. The summed E-state index contributed by atoms with van der Waals surface area (Å²) in [5, 5.41) is 20.8. The van der Waals surface area contributed by atoms with Crippen molar-refractivity contribution >= 4 is 17.3 Å². The molecule has 0 atom stereocenters. The van der Waals surface area contributed by atoms with Gasteiger partial charge in [0.05, 0.1) is 5.69 Å². The zero-order valence-electron chi connectivity index (χ0n) is 10.9. The number of nitriles is 2. The van der Waals surface area contributed by atoms with Crippen molar-refractivity contribution in [1.29, 1.82) is 10.5 Å². The van der Waals surface area contributed by atoms with Gasteiger partial charge in [0.25, 0.3) is 0 Å². The number of halogens is 1. The predicted molar refractivity (Wildman–Crippen MR) is 80.9 cm³/mol. The van der Waals surface area contributed by atoms with Crippen molar-refractivity contribution < 1.29 is 4.74 Å². The Hall–Kier alpha value is -2.95. The largest absolute Gasteiger partial charge is 0.455 e. The van der Waals surface area contributed by atoms with Crippen LogP contribution < -0.4 is 10.1 Å². The molecule has 0 aliphatic heterocycles. The number of nitrogens with zero attached hydrogens (tertiary/aromatic N) is 2. The maximum absolute atomic E-state index is 8.73. The fourth-order valence-corrected chi connectivity index (χ4v) is 1.73. The van der Waals surface area contributed by atoms with Crippen molar-refractivity contribution in [2.75, 3.05) is 5.32 Å². The highest BCUT2D eigenvalue weighted by Gasteiger charge is 2.05. The molecule has 1 N–H and O–H groups in total. The Morgan fingerprint density at radius 2 is 1.81 bits per heavy atom. The van der Waals surface area contributed by atoms with E-state index in [1.165, 1.54) is 6.20 Å². The molecule has 21 heavy (non-hydrogen) atoms. The second-order valence-electron chi connectivity index (χ2n) is 3.98. The molecular formula is C16H10ClN3O. The van der Waals surface area contributed by atoms with Gasteiger partial charge in [-0.1, -0.05) is 29.8 Å². The smallest absolute Gasteiger partial charge is 0.150 e. The molecule has 2 aromatic carbocycles. The first-order chi connectivity index (χ1) is 10.2. The lowest BCUT2D eigenvalue weighted by atomic mass is 10.2. The lowest BCUT2D eigenvalue weighted by molar-refractivity contribution is 0.485. The average Bonchev–Trinajstić information content (AvgIpc) is 2.52. The molecule has 0 radical (unpaired) electrons. The molecule has 0 saturated carbocycles. The molecule has 2 rings (SSSR count). The third-order valence-electron chi connectivity index (χ3n) is 2.53. The van der Waals surface area contributed by atoms with Crippen LogP contribution in [-0.4, -0.2) is 0 Å². The minimum absolute atomic E-state index is 0.0411. The Bertz CT molecular complexity index is 726. The summed E-state index contributed by atoms with van der Waals surface area (Å²) in [4.78, 5) is 0. The van der Waals surface area contributed by atoms with Gasteiger partial charge in [0.15, 0.2) is 5.75 Å². The summed E-state index contributed by atoms with van der Waals surface area (Å²) < 4.78 is 5.75. The molecule has 0 aliphatic rings. The van der Waals surface area contributed by atoms with E-state index in [2.05, 4.69) is 5.32 Å². The van der Waals surface area contributed by atoms with Gasteiger partial charge in [0.2, 0.25) is 0 Å². The van der Waals surface area contributed by atoms with E-state index in [1.807, 2.05) is 30.3 Å². The number of benzene rings is 2. The van der Waals surface area contributed by atoms with Crippen LogP contribution in [0.2, 0.25) is 5.02 Å². The molecule has 0 saturated heterocycles. The van der Waals surface area contributed by atoms with Crippen molar-refractivity contribution in [3.05, 3.63) is 65.3 Å². The maximum atomic E-state index is 8.73. The summed E-state index contributed by atoms with van der Waals surface area (Å²) in [6.45, 7) is 0. The third kappa shape index (κ3) is 4.01. The summed E-state index contributed by atoms with van der Waals surface area (Å²) >= 11 is 5.96. The third-order valence-corrected chi connectivity index (χ3v) is 2.76. The number of rotatable bonds is 4. The molecule has 2 aromatic rings. The minimum Gasteiger partial charge on any atom is -0.455 e. The predicted octanol–water partition coefficient (Wildman–Crippen LogP) is 4.48. The van der Waals surface area contributed by atoms with Crippen LogP contribution in [0, 0.1) is 22.7 Å². The number of anilines is 1. The summed E-state index contributed by atoms with van der Waals surface area (Å²) in [5.41, 5.74) is 0.523. The van der Waals surface area contributed by atoms with Crippen LogP contribution in [0.3, 0.4) is 0 Å². The zero-order chi connectivity index (χ0) is 15.1. The van der Waals surface area contributed by atoms with Gasteiger partial charge in [-0.15, -0.1) is 0 Å². The second kappa shape index (κ2) is 7.00. The van der Waals surface area contributed by atoms with Crippen LogP contribution in [0.4, 0.5) is 5.69 Å². The second-order valence-corrected chi connectivity index (χ2v) is 4.42. The highest BCUT2D eigenvalue weighted by atomic mass is 35.5. The summed E-state index contributed by atoms with van der Waals surface area (Å²) in [6.07, 6.45) is 1.31. The first-order valence-corrected chi connectivity index (χ1v) is 6.40. The number of nitrogens with one attached hydrogen (secondary N) is 1. The van der Waals surface area contributed by atoms with E-state index in [0.717, 1.165) is 0 Å². The highest BCUT2D eigenvalue weighted by molar-refractivity contribution is 6.30. The number of para-hydroxylation sites is 1. The first kappa shape index (κ1) is 14.5. The van der Waals surface area contributed by atoms with Crippen molar-refractivity contribution in [3.63, 3.8) is 0 Å². The number of hydrogen-bond donors (Lipinski definition) is 1. The van der Waals surface area contributed by atoms with Crippen LogP contribution in [0.5, 0.6) is 11.5 Å². The molecule has 0 unspecified atom stereocenters. The molecule has 0 aliphatic carbocycles. The Balaban J connectivity index is 2.28. The molecule has 0 bridgehead atoms. The maximum Gasteiger partial charge on any atom is 0.150 e. The quantitative estimate of drug-likeness (QED) is 0.845. The lowest BCUT2D eigenvalue weighted by Crippen LogP contribution is -1.94. The van der Waals surface area contributed by atoms with Crippen molar-refractivity contribution in [1.82, 2.24) is 0 Å². The Labute approximate surface area is 127 Å². The monoisotopic (exact) mass is 295 g/mol. The summed E-state index contributed by atoms with van der Waals surface area (Å²) in [5.74, 6) is 1.21. The normalized spacial score (nSPS) is 9.10. The van der Waals surface area contributed by atoms with Crippen molar-refractivity contribution in [2.45, 2.75) is 0 Å². The summed E-state index contributed by atoms with van der Waals surface area (Å²) in [6, 6.07) is 17.9. The summed E-state index contributed by atoms with van der Waals surface area (Å²) in [7, 11) is 0. The van der Waals surface area contributed by atoms with Gasteiger partial charge < -0.3 is 10.1 Å². The number of hydrogen-bond acceptors (Lipinski definition) is 4. The molecule has 4 nitrogen and oxygen atoms in total. The van der Waals surface area contributed by atoms with Crippen molar-refractivity contribution in [3.8, 4) is 23.6 Å². The van der Waals surface area contributed by atoms with E-state index in [9.17, 15) is 0 Å². The van der Waals surface area contributed by atoms with Gasteiger partial charge in [0, 0.05) is 11.2 Å². The van der Waals surface area contributed by atoms with E-state index < -0.39 is 0 Å². The average molecular weight is 296 g/mol.